The maximum Gasteiger partial charge on any atom is 0.237 e. The van der Waals surface area contributed by atoms with Crippen LogP contribution < -0.4 is 10.6 Å². The van der Waals surface area contributed by atoms with E-state index in [0.29, 0.717) is 51.3 Å². The third kappa shape index (κ3) is 6.54. The molecule has 208 valence electrons. The molecule has 4 atom stereocenters. The van der Waals surface area contributed by atoms with Crippen LogP contribution >= 0.6 is 0 Å². The van der Waals surface area contributed by atoms with Gasteiger partial charge in [-0.05, 0) is 69.1 Å². The fourth-order valence-electron chi connectivity index (χ4n) is 5.94. The van der Waals surface area contributed by atoms with Crippen molar-refractivity contribution in [3.8, 4) is 0 Å². The lowest BCUT2D eigenvalue weighted by molar-refractivity contribution is -0.140. The number of Topliss-reactive ketones (excluding diaryl/α,β-unsaturated/α-hetero) is 1. The summed E-state index contributed by atoms with van der Waals surface area (Å²) in [6.45, 7) is 4.93. The van der Waals surface area contributed by atoms with E-state index in [1.165, 1.54) is 24.3 Å². The third-order valence-corrected chi connectivity index (χ3v) is 8.32. The first-order chi connectivity index (χ1) is 18.9. The first-order valence-electron chi connectivity index (χ1n) is 13.9. The van der Waals surface area contributed by atoms with Crippen molar-refractivity contribution in [2.24, 2.45) is 11.8 Å². The van der Waals surface area contributed by atoms with E-state index in [-0.39, 0.29) is 60.0 Å². The predicted octanol–water partition coefficient (Wildman–Crippen LogP) is 2.76. The number of nitrogens with one attached hydrogen (secondary N) is 2. The van der Waals surface area contributed by atoms with Crippen molar-refractivity contribution in [1.29, 1.82) is 0 Å². The molecule has 0 radical (unpaired) electrons. The largest absolute Gasteiger partial charge is 0.381 e. The number of hydrogen-bond donors (Lipinski definition) is 2. The number of benzene rings is 2. The quantitative estimate of drug-likeness (QED) is 0.505. The van der Waals surface area contributed by atoms with Gasteiger partial charge in [0.15, 0.2) is 5.78 Å². The molecule has 0 bridgehead atoms. The molecule has 3 aliphatic rings. The van der Waals surface area contributed by atoms with E-state index in [9.17, 15) is 18.8 Å². The number of rotatable bonds is 8. The van der Waals surface area contributed by atoms with E-state index < -0.39 is 0 Å². The zero-order valence-electron chi connectivity index (χ0n) is 22.4. The summed E-state index contributed by atoms with van der Waals surface area (Å²) in [5, 5.41) is 6.59. The number of likely N-dealkylation sites (tertiary alicyclic amines) is 1. The van der Waals surface area contributed by atoms with E-state index in [1.807, 2.05) is 42.2 Å². The van der Waals surface area contributed by atoms with Crippen molar-refractivity contribution in [2.45, 2.75) is 44.4 Å². The Morgan fingerprint density at radius 3 is 2.51 bits per heavy atom. The van der Waals surface area contributed by atoms with E-state index >= 15 is 0 Å². The average molecular weight is 537 g/mol. The second-order valence-electron chi connectivity index (χ2n) is 10.9. The summed E-state index contributed by atoms with van der Waals surface area (Å²) in [4.78, 5) is 43.3. The number of nitrogens with zero attached hydrogens (tertiary/aromatic N) is 2. The fourth-order valence-corrected chi connectivity index (χ4v) is 5.94. The van der Waals surface area contributed by atoms with Gasteiger partial charge in [0, 0.05) is 24.1 Å². The van der Waals surface area contributed by atoms with Gasteiger partial charge >= 0.3 is 0 Å². The van der Waals surface area contributed by atoms with E-state index in [4.69, 9.17) is 4.74 Å². The van der Waals surface area contributed by atoms with Gasteiger partial charge in [0.2, 0.25) is 11.8 Å². The Balaban J connectivity index is 1.22. The molecular formula is C30H37FN4O4. The van der Waals surface area contributed by atoms with Gasteiger partial charge in [-0.25, -0.2) is 4.39 Å². The Kier molecular flexibility index (Phi) is 8.69. The van der Waals surface area contributed by atoms with Gasteiger partial charge in [-0.1, -0.05) is 30.3 Å². The second-order valence-corrected chi connectivity index (χ2v) is 10.9. The van der Waals surface area contributed by atoms with Crippen LogP contribution in [-0.2, 0) is 14.3 Å². The van der Waals surface area contributed by atoms with Crippen LogP contribution in [0.25, 0.3) is 0 Å². The molecule has 2 N–H and O–H groups in total. The zero-order chi connectivity index (χ0) is 27.4. The molecule has 3 fully saturated rings. The van der Waals surface area contributed by atoms with E-state index in [2.05, 4.69) is 15.5 Å². The molecule has 0 aliphatic carbocycles. The molecule has 39 heavy (non-hydrogen) atoms. The summed E-state index contributed by atoms with van der Waals surface area (Å²) in [6.07, 6.45) is 1.74. The summed E-state index contributed by atoms with van der Waals surface area (Å²) in [6, 6.07) is 15.5. The molecule has 2 amide bonds. The number of hydrogen-bond acceptors (Lipinski definition) is 6. The highest BCUT2D eigenvalue weighted by molar-refractivity contribution is 5.97. The minimum absolute atomic E-state index is 0.0141. The molecule has 2 aromatic rings. The van der Waals surface area contributed by atoms with Crippen LogP contribution in [0.15, 0.2) is 54.6 Å². The van der Waals surface area contributed by atoms with Crippen LogP contribution in [0, 0.1) is 17.7 Å². The first-order valence-corrected chi connectivity index (χ1v) is 13.9. The normalized spacial score (nSPS) is 24.9. The number of carbonyl (C=O) groups excluding carboxylic acids is 3. The molecule has 8 nitrogen and oxygen atoms in total. The molecule has 0 saturated carbocycles. The van der Waals surface area contributed by atoms with Gasteiger partial charge in [-0.15, -0.1) is 0 Å². The highest BCUT2D eigenvalue weighted by Gasteiger charge is 2.39. The standard InChI is InChI=1S/C30H37FN4O4/c1-20(21-5-3-2-4-6-21)35(17-27-32-26-13-16-39-19-25(26)30(38)33-27)28(36)18-34-14-11-23(12-15-34)29(37)22-7-9-24(31)10-8-22/h2-10,20,23,25-27,32H,11-19H2,1H3,(H,33,38)/t20-,25?,26?,27?/m1/s1. The van der Waals surface area contributed by atoms with Gasteiger partial charge in [-0.3, -0.25) is 24.6 Å². The molecule has 3 saturated heterocycles. The first kappa shape index (κ1) is 27.4. The summed E-state index contributed by atoms with van der Waals surface area (Å²) in [5.74, 6) is -0.702. The third-order valence-electron chi connectivity index (χ3n) is 8.32. The maximum atomic E-state index is 13.8. The molecule has 0 aromatic heterocycles. The lowest BCUT2D eigenvalue weighted by Crippen LogP contribution is -2.66. The van der Waals surface area contributed by atoms with Crippen molar-refractivity contribution in [3.63, 3.8) is 0 Å². The van der Waals surface area contributed by atoms with Crippen LogP contribution in [0.5, 0.6) is 0 Å². The van der Waals surface area contributed by atoms with Crippen molar-refractivity contribution >= 4 is 17.6 Å². The number of amides is 2. The number of piperidine rings is 1. The van der Waals surface area contributed by atoms with Gasteiger partial charge in [0.05, 0.1) is 37.8 Å². The zero-order valence-corrected chi connectivity index (χ0v) is 22.4. The van der Waals surface area contributed by atoms with E-state index in [0.717, 1.165) is 12.0 Å². The van der Waals surface area contributed by atoms with Crippen LogP contribution in [0.4, 0.5) is 4.39 Å². The van der Waals surface area contributed by atoms with Gasteiger partial charge in [0.25, 0.3) is 0 Å². The Bertz CT molecular complexity index is 1150. The molecule has 2 aromatic carbocycles. The summed E-state index contributed by atoms with van der Waals surface area (Å²) in [5.41, 5.74) is 1.56. The smallest absolute Gasteiger partial charge is 0.237 e. The molecule has 3 aliphatic heterocycles. The Morgan fingerprint density at radius 2 is 1.79 bits per heavy atom. The fraction of sp³-hybridized carbons (Fsp3) is 0.500. The van der Waals surface area contributed by atoms with Crippen LogP contribution in [-0.4, -0.2) is 79.0 Å². The highest BCUT2D eigenvalue weighted by Crippen LogP contribution is 2.25. The van der Waals surface area contributed by atoms with Crippen LogP contribution in [0.3, 0.4) is 0 Å². The number of ketones is 1. The highest BCUT2D eigenvalue weighted by atomic mass is 19.1. The molecule has 5 rings (SSSR count). The minimum atomic E-state index is -0.357. The lowest BCUT2D eigenvalue weighted by atomic mass is 9.89. The Hall–Kier alpha value is -3.14. The van der Waals surface area contributed by atoms with Crippen molar-refractivity contribution < 1.29 is 23.5 Å². The molecule has 3 unspecified atom stereocenters. The molecule has 9 heteroatoms. The number of halogens is 1. The molecule has 3 heterocycles. The monoisotopic (exact) mass is 536 g/mol. The van der Waals surface area contributed by atoms with E-state index in [1.54, 1.807) is 0 Å². The Morgan fingerprint density at radius 1 is 1.08 bits per heavy atom. The predicted molar refractivity (Wildman–Crippen MR) is 144 cm³/mol. The van der Waals surface area contributed by atoms with Crippen molar-refractivity contribution in [1.82, 2.24) is 20.4 Å². The minimum Gasteiger partial charge on any atom is -0.381 e. The lowest BCUT2D eigenvalue weighted by Gasteiger charge is -2.42. The SMILES string of the molecule is C[C@H](c1ccccc1)N(CC1NC(=O)C2COCCC2N1)C(=O)CN1CCC(C(=O)c2ccc(F)cc2)CC1. The van der Waals surface area contributed by atoms with Gasteiger partial charge < -0.3 is 15.0 Å². The Labute approximate surface area is 228 Å². The van der Waals surface area contributed by atoms with Crippen LogP contribution in [0.1, 0.15) is 48.1 Å². The average Bonchev–Trinajstić information content (AvgIpc) is 2.96. The molecule has 0 spiro atoms. The number of carbonyl (C=O) groups is 3. The van der Waals surface area contributed by atoms with Crippen molar-refractivity contribution in [3.05, 3.63) is 71.5 Å². The summed E-state index contributed by atoms with van der Waals surface area (Å²) in [7, 11) is 0. The second kappa shape index (κ2) is 12.4. The maximum absolute atomic E-state index is 13.8. The van der Waals surface area contributed by atoms with Crippen LogP contribution in [0.2, 0.25) is 0 Å². The molecular weight excluding hydrogens is 499 g/mol. The number of fused-ring (bicyclic) bond motifs is 1. The van der Waals surface area contributed by atoms with Gasteiger partial charge in [0.1, 0.15) is 5.82 Å². The van der Waals surface area contributed by atoms with Gasteiger partial charge in [-0.2, -0.15) is 0 Å². The summed E-state index contributed by atoms with van der Waals surface area (Å²) < 4.78 is 18.7. The van der Waals surface area contributed by atoms with Crippen molar-refractivity contribution in [2.75, 3.05) is 39.4 Å². The topological polar surface area (TPSA) is 91.0 Å². The number of ether oxygens (including phenoxy) is 1. The summed E-state index contributed by atoms with van der Waals surface area (Å²) >= 11 is 0.